The fraction of sp³-hybridized carbons (Fsp3) is 0.440. The number of nitrogens with two attached hydrogens (primary N) is 1. The monoisotopic (exact) mass is 458 g/mol. The summed E-state index contributed by atoms with van der Waals surface area (Å²) in [6.45, 7) is 11.0. The first-order valence-electron chi connectivity index (χ1n) is 10.6. The molecule has 0 fully saturated rings. The molecule has 0 aliphatic carbocycles. The number of halogens is 1. The summed E-state index contributed by atoms with van der Waals surface area (Å²) in [6.07, 6.45) is 1.57. The maximum absolute atomic E-state index is 12.0. The number of anilines is 1. The maximum atomic E-state index is 12.0. The van der Waals surface area contributed by atoms with Crippen LogP contribution in [0, 0.1) is 0 Å². The van der Waals surface area contributed by atoms with Crippen LogP contribution in [0.4, 0.5) is 5.69 Å². The van der Waals surface area contributed by atoms with Gasteiger partial charge in [-0.05, 0) is 64.8 Å². The van der Waals surface area contributed by atoms with Crippen LogP contribution >= 0.6 is 12.4 Å². The van der Waals surface area contributed by atoms with Gasteiger partial charge in [-0.15, -0.1) is 12.4 Å². The smallest absolute Gasteiger partial charge is 0.339 e. The van der Waals surface area contributed by atoms with Crippen molar-refractivity contribution in [1.82, 2.24) is 0 Å². The molecule has 0 atom stereocenters. The molecule has 0 unspecified atom stereocenters. The van der Waals surface area contributed by atoms with E-state index in [-0.39, 0.29) is 23.5 Å². The van der Waals surface area contributed by atoms with Gasteiger partial charge in [0.2, 0.25) is 0 Å². The number of ether oxygens (including phenoxy) is 3. The largest absolute Gasteiger partial charge is 0.490 e. The number of hydrogen-bond acceptors (Lipinski definition) is 6. The van der Waals surface area contributed by atoms with Crippen molar-refractivity contribution in [3.63, 3.8) is 0 Å². The van der Waals surface area contributed by atoms with E-state index in [2.05, 4.69) is 33.8 Å². The average Bonchev–Trinajstić information content (AvgIpc) is 3.01. The van der Waals surface area contributed by atoms with E-state index >= 15 is 0 Å². The zero-order valence-electron chi connectivity index (χ0n) is 19.5. The Balaban J connectivity index is 0.00000289. The van der Waals surface area contributed by atoms with E-state index in [0.29, 0.717) is 17.9 Å². The highest BCUT2D eigenvalue weighted by Crippen LogP contribution is 2.48. The van der Waals surface area contributed by atoms with Crippen LogP contribution in [0.3, 0.4) is 0 Å². The van der Waals surface area contributed by atoms with Gasteiger partial charge in [-0.25, -0.2) is 4.79 Å². The first-order chi connectivity index (χ1) is 14.5. The highest BCUT2D eigenvalue weighted by molar-refractivity contribution is 6.17. The number of nitrogen functional groups attached to an aromatic ring is 1. The van der Waals surface area contributed by atoms with E-state index in [1.165, 1.54) is 12.7 Å². The first-order valence-corrected chi connectivity index (χ1v) is 10.6. The molecule has 6 nitrogen and oxygen atoms in total. The molecule has 2 aliphatic heterocycles. The zero-order valence-corrected chi connectivity index (χ0v) is 20.3. The lowest BCUT2D eigenvalue weighted by Crippen LogP contribution is -2.30. The Kier molecular flexibility index (Phi) is 6.22. The molecule has 0 aromatic heterocycles. The second kappa shape index (κ2) is 8.32. The normalized spacial score (nSPS) is 17.2. The minimum absolute atomic E-state index is 0. The van der Waals surface area contributed by atoms with Gasteiger partial charge in [0.1, 0.15) is 5.60 Å². The van der Waals surface area contributed by atoms with Crippen LogP contribution in [-0.4, -0.2) is 36.5 Å². The standard InChI is InChI=1S/C25H30N2O4.ClH/c1-7-30-19-11-15-12-24(2,3)27-21(20(15)17-13-25(4,5)31-22(17)19)14-8-9-16(18(26)10-14)23(28)29-6;/h8-11H,7,12-13,26H2,1-6H3;1H. The zero-order chi connectivity index (χ0) is 22.6. The topological polar surface area (TPSA) is 83.1 Å². The molecule has 0 spiro atoms. The van der Waals surface area contributed by atoms with Crippen molar-refractivity contribution in [2.45, 2.75) is 58.6 Å². The van der Waals surface area contributed by atoms with E-state index in [0.717, 1.165) is 46.7 Å². The summed E-state index contributed by atoms with van der Waals surface area (Å²) in [5.74, 6) is 1.14. The highest BCUT2D eigenvalue weighted by Gasteiger charge is 2.39. The lowest BCUT2D eigenvalue weighted by Gasteiger charge is -2.31. The molecule has 0 bridgehead atoms. The van der Waals surface area contributed by atoms with Crippen LogP contribution < -0.4 is 15.2 Å². The molecule has 0 amide bonds. The number of rotatable bonds is 4. The molecule has 2 aromatic rings. The number of nitrogens with zero attached hydrogens (tertiary/aromatic N) is 1. The van der Waals surface area contributed by atoms with Crippen molar-refractivity contribution in [1.29, 1.82) is 0 Å². The van der Waals surface area contributed by atoms with Crippen molar-refractivity contribution in [3.8, 4) is 11.5 Å². The first kappa shape index (κ1) is 23.9. The third kappa shape index (κ3) is 4.16. The van der Waals surface area contributed by atoms with Gasteiger partial charge in [-0.1, -0.05) is 6.07 Å². The highest BCUT2D eigenvalue weighted by atomic mass is 35.5. The molecule has 2 aliphatic rings. The van der Waals surface area contributed by atoms with Crippen molar-refractivity contribution in [2.24, 2.45) is 4.99 Å². The lowest BCUT2D eigenvalue weighted by atomic mass is 9.80. The van der Waals surface area contributed by atoms with Gasteiger partial charge in [-0.2, -0.15) is 0 Å². The minimum Gasteiger partial charge on any atom is -0.490 e. The van der Waals surface area contributed by atoms with Gasteiger partial charge in [0.15, 0.2) is 11.5 Å². The summed E-state index contributed by atoms with van der Waals surface area (Å²) in [4.78, 5) is 17.1. The third-order valence-electron chi connectivity index (χ3n) is 5.71. The van der Waals surface area contributed by atoms with Crippen molar-refractivity contribution in [2.75, 3.05) is 19.5 Å². The number of carbonyl (C=O) groups excluding carboxylic acids is 1. The second-order valence-electron chi connectivity index (χ2n) is 9.43. The summed E-state index contributed by atoms with van der Waals surface area (Å²) in [5, 5.41) is 0. The molecular formula is C25H31ClN2O4. The fourth-order valence-corrected chi connectivity index (χ4v) is 4.55. The van der Waals surface area contributed by atoms with E-state index in [4.69, 9.17) is 24.9 Å². The molecule has 2 N–H and O–H groups in total. The summed E-state index contributed by atoms with van der Waals surface area (Å²) in [7, 11) is 1.35. The number of hydrogen-bond donors (Lipinski definition) is 1. The van der Waals surface area contributed by atoms with Gasteiger partial charge in [0.05, 0.1) is 30.5 Å². The predicted molar refractivity (Wildman–Crippen MR) is 129 cm³/mol. The van der Waals surface area contributed by atoms with Gasteiger partial charge >= 0.3 is 5.97 Å². The van der Waals surface area contributed by atoms with Crippen LogP contribution in [0.15, 0.2) is 29.3 Å². The van der Waals surface area contributed by atoms with E-state index in [1.54, 1.807) is 12.1 Å². The Labute approximate surface area is 195 Å². The van der Waals surface area contributed by atoms with Gasteiger partial charge in [0.25, 0.3) is 0 Å². The Morgan fingerprint density at radius 2 is 1.91 bits per heavy atom. The van der Waals surface area contributed by atoms with Crippen molar-refractivity contribution < 1.29 is 19.0 Å². The van der Waals surface area contributed by atoms with E-state index in [9.17, 15) is 4.79 Å². The number of fused-ring (bicyclic) bond motifs is 3. The number of benzene rings is 2. The number of esters is 1. The number of methoxy groups -OCH3 is 1. The molecule has 0 saturated carbocycles. The third-order valence-corrected chi connectivity index (χ3v) is 5.71. The summed E-state index contributed by atoms with van der Waals surface area (Å²) in [5.41, 5.74) is 11.5. The Bertz CT molecular complexity index is 1110. The van der Waals surface area contributed by atoms with Crippen molar-refractivity contribution in [3.05, 3.63) is 52.1 Å². The summed E-state index contributed by atoms with van der Waals surface area (Å²) in [6, 6.07) is 7.49. The molecule has 172 valence electrons. The Morgan fingerprint density at radius 1 is 1.19 bits per heavy atom. The SMILES string of the molecule is CCOc1cc2c(c3c1OC(C)(C)C3)C(c1ccc(C(=O)OC)c(N)c1)=NC(C)(C)C2.Cl. The lowest BCUT2D eigenvalue weighted by molar-refractivity contribution is 0.0602. The van der Waals surface area contributed by atoms with Crippen LogP contribution in [0.1, 0.15) is 67.2 Å². The fourth-order valence-electron chi connectivity index (χ4n) is 4.55. The second-order valence-corrected chi connectivity index (χ2v) is 9.43. The van der Waals surface area contributed by atoms with Gasteiger partial charge in [-0.3, -0.25) is 4.99 Å². The van der Waals surface area contributed by atoms with Gasteiger partial charge in [0, 0.05) is 28.8 Å². The molecule has 32 heavy (non-hydrogen) atoms. The average molecular weight is 459 g/mol. The Morgan fingerprint density at radius 3 is 2.53 bits per heavy atom. The maximum Gasteiger partial charge on any atom is 0.339 e. The van der Waals surface area contributed by atoms with E-state index in [1.807, 2.05) is 13.0 Å². The molecule has 2 aromatic carbocycles. The molecule has 7 heteroatoms. The van der Waals surface area contributed by atoms with Gasteiger partial charge < -0.3 is 19.9 Å². The van der Waals surface area contributed by atoms with Crippen LogP contribution in [0.2, 0.25) is 0 Å². The molecule has 4 rings (SSSR count). The predicted octanol–water partition coefficient (Wildman–Crippen LogP) is 4.76. The quantitative estimate of drug-likeness (QED) is 0.527. The summed E-state index contributed by atoms with van der Waals surface area (Å²) >= 11 is 0. The minimum atomic E-state index is -0.451. The Hall–Kier alpha value is -2.73. The molecular weight excluding hydrogens is 428 g/mol. The van der Waals surface area contributed by atoms with Crippen molar-refractivity contribution >= 4 is 29.8 Å². The van der Waals surface area contributed by atoms with Crippen LogP contribution in [0.5, 0.6) is 11.5 Å². The van der Waals surface area contributed by atoms with Crippen LogP contribution in [-0.2, 0) is 17.6 Å². The molecule has 0 radical (unpaired) electrons. The summed E-state index contributed by atoms with van der Waals surface area (Å²) < 4.78 is 17.1. The number of aliphatic imine (C=N–C) groups is 1. The number of carbonyl (C=O) groups is 1. The molecule has 2 heterocycles. The van der Waals surface area contributed by atoms with E-state index < -0.39 is 5.97 Å². The molecule has 0 saturated heterocycles. The van der Waals surface area contributed by atoms with Crippen LogP contribution in [0.25, 0.3) is 0 Å².